The average molecular weight is 568 g/mol. The highest BCUT2D eigenvalue weighted by Gasteiger charge is 2.65. The number of fused-ring (bicyclic) bond motifs is 2. The van der Waals surface area contributed by atoms with Gasteiger partial charge in [-0.15, -0.1) is 0 Å². The quantitative estimate of drug-likeness (QED) is 0.479. The van der Waals surface area contributed by atoms with Crippen LogP contribution in [-0.2, 0) is 34.1 Å². The summed E-state index contributed by atoms with van der Waals surface area (Å²) in [6.07, 6.45) is 5.25. The molecule has 0 spiro atoms. The lowest BCUT2D eigenvalue weighted by molar-refractivity contribution is -0.207. The normalized spacial score (nSPS) is 28.7. The molecule has 3 aliphatic rings. The minimum atomic E-state index is -1.62. The Bertz CT molecular complexity index is 1340. The van der Waals surface area contributed by atoms with E-state index in [0.717, 1.165) is 25.7 Å². The highest BCUT2D eigenvalue weighted by molar-refractivity contribution is 5.93. The molecule has 11 nitrogen and oxygen atoms in total. The van der Waals surface area contributed by atoms with Gasteiger partial charge in [0, 0.05) is 6.42 Å². The molecule has 2 aromatic rings. The average Bonchev–Trinajstić information content (AvgIpc) is 3.57. The van der Waals surface area contributed by atoms with E-state index in [2.05, 4.69) is 21.5 Å². The van der Waals surface area contributed by atoms with E-state index in [1.54, 1.807) is 30.5 Å². The molecule has 41 heavy (non-hydrogen) atoms. The van der Waals surface area contributed by atoms with E-state index in [0.29, 0.717) is 29.4 Å². The fourth-order valence-corrected chi connectivity index (χ4v) is 6.02. The van der Waals surface area contributed by atoms with Gasteiger partial charge in [-0.1, -0.05) is 47.0 Å². The summed E-state index contributed by atoms with van der Waals surface area (Å²) in [5, 5.41) is 18.0. The molecule has 3 fully saturated rings. The first kappa shape index (κ1) is 29.4. The zero-order valence-corrected chi connectivity index (χ0v) is 24.8. The predicted octanol–water partition coefficient (Wildman–Crippen LogP) is 4.50. The van der Waals surface area contributed by atoms with Gasteiger partial charge in [-0.2, -0.15) is 10.4 Å². The van der Waals surface area contributed by atoms with Crippen molar-refractivity contribution in [3.05, 3.63) is 24.2 Å². The fraction of sp³-hybridized carbons (Fsp3) is 0.700. The first-order valence-corrected chi connectivity index (χ1v) is 14.6. The van der Waals surface area contributed by atoms with Crippen LogP contribution >= 0.6 is 0 Å². The van der Waals surface area contributed by atoms with Crippen LogP contribution in [0, 0.1) is 28.6 Å². The van der Waals surface area contributed by atoms with Crippen molar-refractivity contribution in [1.82, 2.24) is 14.6 Å². The van der Waals surface area contributed by atoms with Gasteiger partial charge in [0.2, 0.25) is 11.5 Å². The highest BCUT2D eigenvalue weighted by atomic mass is 16.8. The molecule has 2 aromatic heterocycles. The number of anilines is 1. The Balaban J connectivity index is 1.41. The molecule has 1 amide bonds. The Morgan fingerprint density at radius 2 is 1.93 bits per heavy atom. The molecule has 2 saturated heterocycles. The van der Waals surface area contributed by atoms with Gasteiger partial charge >= 0.3 is 5.97 Å². The van der Waals surface area contributed by atoms with Crippen LogP contribution in [0.25, 0.3) is 5.52 Å². The van der Waals surface area contributed by atoms with Crippen LogP contribution in [0.2, 0.25) is 0 Å². The van der Waals surface area contributed by atoms with Crippen LogP contribution in [0.15, 0.2) is 18.5 Å². The standard InChI is InChI=1S/C30H41N5O6/c1-18(28(2,3)4)27(37)38-15-21-24-25(41-29(5,6)40-24)30(16-31,39-21)22-13-12-20-26(32-17-33-35(20)22)34-23(36)14-19-10-8-7-9-11-19/h12-13,17-19,21,24-25H,7-11,14-15H2,1-6H3,(H,32,33,34,36)/t18-,21-,24-,25-,30+/m1/s1. The maximum Gasteiger partial charge on any atom is 0.309 e. The largest absolute Gasteiger partial charge is 0.463 e. The van der Waals surface area contributed by atoms with Gasteiger partial charge in [0.15, 0.2) is 11.6 Å². The number of carbonyl (C=O) groups excluding carboxylic acids is 2. The number of hydrogen-bond acceptors (Lipinski definition) is 9. The summed E-state index contributed by atoms with van der Waals surface area (Å²) in [6.45, 7) is 11.2. The predicted molar refractivity (Wildman–Crippen MR) is 148 cm³/mol. The van der Waals surface area contributed by atoms with Crippen molar-refractivity contribution in [2.75, 3.05) is 11.9 Å². The van der Waals surface area contributed by atoms with Gasteiger partial charge in [0.05, 0.1) is 11.6 Å². The third-order valence-electron chi connectivity index (χ3n) is 8.73. The van der Waals surface area contributed by atoms with Crippen LogP contribution in [0.1, 0.15) is 85.8 Å². The van der Waals surface area contributed by atoms with Crippen LogP contribution in [-0.4, -0.2) is 57.2 Å². The molecule has 0 unspecified atom stereocenters. The fourth-order valence-electron chi connectivity index (χ4n) is 6.02. The number of amides is 1. The molecule has 4 heterocycles. The van der Waals surface area contributed by atoms with Gasteiger partial charge in [-0.3, -0.25) is 9.59 Å². The SMILES string of the molecule is C[C@H](C(=O)OC[C@H]1O[C@@](C#N)(c2ccc3c(NC(=O)CC4CCCCC4)ncnn23)[C@@H]2OC(C)(C)O[C@@H]21)C(C)(C)C. The second-order valence-electron chi connectivity index (χ2n) is 13.1. The summed E-state index contributed by atoms with van der Waals surface area (Å²) in [5.74, 6) is -1.01. The van der Waals surface area contributed by atoms with Gasteiger partial charge in [0.25, 0.3) is 0 Å². The number of esters is 1. The summed E-state index contributed by atoms with van der Waals surface area (Å²) in [7, 11) is 0. The van der Waals surface area contributed by atoms with E-state index in [1.807, 2.05) is 27.7 Å². The van der Waals surface area contributed by atoms with E-state index in [-0.39, 0.29) is 29.8 Å². The minimum absolute atomic E-state index is 0.0898. The summed E-state index contributed by atoms with van der Waals surface area (Å²) in [4.78, 5) is 30.0. The van der Waals surface area contributed by atoms with Crippen molar-refractivity contribution < 1.29 is 28.5 Å². The van der Waals surface area contributed by atoms with Gasteiger partial charge in [-0.05, 0) is 50.2 Å². The van der Waals surface area contributed by atoms with Gasteiger partial charge in [-0.25, -0.2) is 9.50 Å². The molecule has 5 atom stereocenters. The maximum absolute atomic E-state index is 12.9. The second-order valence-corrected chi connectivity index (χ2v) is 13.1. The highest BCUT2D eigenvalue weighted by Crippen LogP contribution is 2.49. The third-order valence-corrected chi connectivity index (χ3v) is 8.73. The van der Waals surface area contributed by atoms with Crippen molar-refractivity contribution >= 4 is 23.2 Å². The van der Waals surface area contributed by atoms with Crippen molar-refractivity contribution in [2.24, 2.45) is 17.3 Å². The smallest absolute Gasteiger partial charge is 0.309 e. The van der Waals surface area contributed by atoms with Crippen LogP contribution in [0.3, 0.4) is 0 Å². The number of nitrogens with one attached hydrogen (secondary N) is 1. The van der Waals surface area contributed by atoms with Gasteiger partial charge in [0.1, 0.15) is 42.8 Å². The number of nitrogens with zero attached hydrogens (tertiary/aromatic N) is 4. The molecule has 1 aliphatic carbocycles. The number of rotatable bonds is 7. The number of carbonyl (C=O) groups is 2. The van der Waals surface area contributed by atoms with E-state index >= 15 is 0 Å². The molecule has 2 aliphatic heterocycles. The molecular weight excluding hydrogens is 526 g/mol. The zero-order chi connectivity index (χ0) is 29.6. The minimum Gasteiger partial charge on any atom is -0.463 e. The number of ether oxygens (including phenoxy) is 4. The summed E-state index contributed by atoms with van der Waals surface area (Å²) >= 11 is 0. The molecule has 5 rings (SSSR count). The second kappa shape index (κ2) is 11.0. The van der Waals surface area contributed by atoms with E-state index in [1.165, 1.54) is 12.7 Å². The lowest BCUT2D eigenvalue weighted by Crippen LogP contribution is -2.40. The molecule has 0 bridgehead atoms. The number of nitriles is 1. The molecule has 1 saturated carbocycles. The van der Waals surface area contributed by atoms with Crippen LogP contribution in [0.4, 0.5) is 5.82 Å². The Kier molecular flexibility index (Phi) is 7.87. The molecule has 0 radical (unpaired) electrons. The lowest BCUT2D eigenvalue weighted by Gasteiger charge is -2.29. The third kappa shape index (κ3) is 5.70. The Morgan fingerprint density at radius 3 is 2.61 bits per heavy atom. The molecule has 0 aromatic carbocycles. The Hall–Kier alpha value is -3.07. The maximum atomic E-state index is 12.9. The molecule has 222 valence electrons. The lowest BCUT2D eigenvalue weighted by atomic mass is 9.82. The molecule has 1 N–H and O–H groups in total. The van der Waals surface area contributed by atoms with Crippen molar-refractivity contribution in [1.29, 1.82) is 5.26 Å². The van der Waals surface area contributed by atoms with Crippen molar-refractivity contribution in [3.63, 3.8) is 0 Å². The van der Waals surface area contributed by atoms with Crippen molar-refractivity contribution in [3.8, 4) is 6.07 Å². The zero-order valence-electron chi connectivity index (χ0n) is 24.8. The summed E-state index contributed by atoms with van der Waals surface area (Å²) in [6, 6.07) is 5.80. The first-order valence-electron chi connectivity index (χ1n) is 14.6. The van der Waals surface area contributed by atoms with E-state index < -0.39 is 29.7 Å². The monoisotopic (exact) mass is 567 g/mol. The summed E-state index contributed by atoms with van der Waals surface area (Å²) < 4.78 is 26.0. The van der Waals surface area contributed by atoms with Crippen LogP contribution < -0.4 is 5.32 Å². The topological polar surface area (TPSA) is 137 Å². The van der Waals surface area contributed by atoms with E-state index in [9.17, 15) is 14.9 Å². The number of hydrogen-bond donors (Lipinski definition) is 1. The number of aromatic nitrogens is 3. The van der Waals surface area contributed by atoms with Crippen molar-refractivity contribution in [2.45, 2.75) is 110 Å². The first-order chi connectivity index (χ1) is 19.3. The Morgan fingerprint density at radius 1 is 1.20 bits per heavy atom. The van der Waals surface area contributed by atoms with Gasteiger partial charge < -0.3 is 24.3 Å². The Labute approximate surface area is 240 Å². The molecule has 11 heteroatoms. The van der Waals surface area contributed by atoms with Crippen LogP contribution in [0.5, 0.6) is 0 Å². The molecular formula is C30H41N5O6. The summed E-state index contributed by atoms with van der Waals surface area (Å²) in [5.41, 5.74) is -0.944. The van der Waals surface area contributed by atoms with E-state index in [4.69, 9.17) is 18.9 Å².